The number of halogens is 1. The maximum atomic E-state index is 12.8. The van der Waals surface area contributed by atoms with Crippen LogP contribution in [-0.2, 0) is 14.3 Å². The Morgan fingerprint density at radius 1 is 1.26 bits per heavy atom. The standard InChI is InChI=1S/C20H18BrNO4S/c21-13-7-5-12(6-8-13)18(23)16-17(15-4-2-10-27-15)22(20(25)19(16)24)11-14-3-1-9-26-14/h2,4-8,10,14,17,23H,1,3,9,11H2/t14-,17+/m1/s1. The minimum Gasteiger partial charge on any atom is -0.507 e. The van der Waals surface area contributed by atoms with E-state index in [1.54, 1.807) is 29.2 Å². The van der Waals surface area contributed by atoms with E-state index < -0.39 is 17.7 Å². The average Bonchev–Trinajstić information content (AvgIpc) is 3.40. The first-order chi connectivity index (χ1) is 13.1. The first-order valence-electron chi connectivity index (χ1n) is 8.75. The van der Waals surface area contributed by atoms with E-state index in [4.69, 9.17) is 4.74 Å². The molecule has 0 spiro atoms. The smallest absolute Gasteiger partial charge is 0.295 e. The highest BCUT2D eigenvalue weighted by Gasteiger charge is 2.47. The molecule has 2 fully saturated rings. The summed E-state index contributed by atoms with van der Waals surface area (Å²) in [4.78, 5) is 28.0. The van der Waals surface area contributed by atoms with Gasteiger partial charge in [-0.25, -0.2) is 0 Å². The first-order valence-corrected chi connectivity index (χ1v) is 10.4. The molecule has 1 amide bonds. The molecule has 1 aromatic heterocycles. The molecule has 0 saturated carbocycles. The number of hydrogen-bond donors (Lipinski definition) is 1. The van der Waals surface area contributed by atoms with E-state index in [0.717, 1.165) is 22.2 Å². The second-order valence-electron chi connectivity index (χ2n) is 6.61. The third-order valence-electron chi connectivity index (χ3n) is 4.89. The molecule has 27 heavy (non-hydrogen) atoms. The van der Waals surface area contributed by atoms with Crippen LogP contribution in [0, 0.1) is 0 Å². The molecule has 4 rings (SSSR count). The molecule has 2 saturated heterocycles. The topological polar surface area (TPSA) is 66.8 Å². The number of Topliss-reactive ketones (excluding diaryl/α,β-unsaturated/α-hetero) is 1. The van der Waals surface area contributed by atoms with Crippen LogP contribution < -0.4 is 0 Å². The van der Waals surface area contributed by atoms with Crippen LogP contribution in [0.5, 0.6) is 0 Å². The van der Waals surface area contributed by atoms with Gasteiger partial charge in [-0.2, -0.15) is 0 Å². The molecule has 7 heteroatoms. The number of hydrogen-bond acceptors (Lipinski definition) is 5. The van der Waals surface area contributed by atoms with E-state index >= 15 is 0 Å². The van der Waals surface area contributed by atoms with E-state index in [9.17, 15) is 14.7 Å². The zero-order valence-electron chi connectivity index (χ0n) is 14.4. The third-order valence-corrected chi connectivity index (χ3v) is 6.35. The maximum absolute atomic E-state index is 12.8. The Balaban J connectivity index is 1.78. The van der Waals surface area contributed by atoms with Gasteiger partial charge in [-0.05, 0) is 36.4 Å². The van der Waals surface area contributed by atoms with Gasteiger partial charge < -0.3 is 14.7 Å². The number of rotatable bonds is 4. The summed E-state index contributed by atoms with van der Waals surface area (Å²) in [5, 5.41) is 12.8. The number of nitrogens with zero attached hydrogens (tertiary/aromatic N) is 1. The minimum absolute atomic E-state index is 0.0709. The van der Waals surface area contributed by atoms with Crippen molar-refractivity contribution in [1.29, 1.82) is 0 Å². The van der Waals surface area contributed by atoms with Gasteiger partial charge in [0.1, 0.15) is 5.76 Å². The Hall–Kier alpha value is -1.96. The fraction of sp³-hybridized carbons (Fsp3) is 0.300. The van der Waals surface area contributed by atoms with Crippen LogP contribution >= 0.6 is 27.3 Å². The Kier molecular flexibility index (Phi) is 5.16. The summed E-state index contributed by atoms with van der Waals surface area (Å²) in [6, 6.07) is 10.2. The van der Waals surface area contributed by atoms with Crippen molar-refractivity contribution in [2.24, 2.45) is 0 Å². The Labute approximate surface area is 169 Å². The molecule has 2 atom stereocenters. The quantitative estimate of drug-likeness (QED) is 0.434. The van der Waals surface area contributed by atoms with Crippen LogP contribution in [0.4, 0.5) is 0 Å². The Morgan fingerprint density at radius 3 is 2.67 bits per heavy atom. The zero-order valence-corrected chi connectivity index (χ0v) is 16.8. The molecule has 2 aliphatic heterocycles. The van der Waals surface area contributed by atoms with Crippen molar-refractivity contribution in [1.82, 2.24) is 4.90 Å². The van der Waals surface area contributed by atoms with Crippen LogP contribution in [0.2, 0.25) is 0 Å². The molecule has 1 aromatic carbocycles. The van der Waals surface area contributed by atoms with Crippen molar-refractivity contribution in [3.05, 3.63) is 62.3 Å². The summed E-state index contributed by atoms with van der Waals surface area (Å²) in [5.41, 5.74) is 0.651. The number of ether oxygens (including phenoxy) is 1. The fourth-order valence-electron chi connectivity index (χ4n) is 3.58. The van der Waals surface area contributed by atoms with E-state index in [1.807, 2.05) is 17.5 Å². The number of aliphatic hydroxyl groups is 1. The largest absolute Gasteiger partial charge is 0.507 e. The van der Waals surface area contributed by atoms with Crippen molar-refractivity contribution < 1.29 is 19.4 Å². The molecule has 5 nitrogen and oxygen atoms in total. The molecule has 1 N–H and O–H groups in total. The van der Waals surface area contributed by atoms with Crippen molar-refractivity contribution in [2.75, 3.05) is 13.2 Å². The molecule has 3 heterocycles. The molecule has 0 aliphatic carbocycles. The van der Waals surface area contributed by atoms with Crippen molar-refractivity contribution in [2.45, 2.75) is 25.0 Å². The minimum atomic E-state index is -0.646. The number of amides is 1. The summed E-state index contributed by atoms with van der Waals surface area (Å²) in [7, 11) is 0. The predicted molar refractivity (Wildman–Crippen MR) is 106 cm³/mol. The lowest BCUT2D eigenvalue weighted by molar-refractivity contribution is -0.140. The van der Waals surface area contributed by atoms with Crippen molar-refractivity contribution in [3.63, 3.8) is 0 Å². The molecular formula is C20H18BrNO4S. The van der Waals surface area contributed by atoms with Gasteiger partial charge >= 0.3 is 0 Å². The normalized spacial score (nSPS) is 24.7. The zero-order chi connectivity index (χ0) is 19.0. The van der Waals surface area contributed by atoms with Crippen molar-refractivity contribution >= 4 is 44.7 Å². The SMILES string of the molecule is O=C1C(=O)N(C[C@H]2CCCO2)[C@@H](c2cccs2)C1=C(O)c1ccc(Br)cc1. The number of ketones is 1. The highest BCUT2D eigenvalue weighted by atomic mass is 79.9. The molecule has 0 unspecified atom stereocenters. The van der Waals surface area contributed by atoms with Crippen LogP contribution in [0.1, 0.15) is 29.3 Å². The highest BCUT2D eigenvalue weighted by molar-refractivity contribution is 9.10. The van der Waals surface area contributed by atoms with Gasteiger partial charge in [-0.1, -0.05) is 34.1 Å². The van der Waals surface area contributed by atoms with E-state index in [1.165, 1.54) is 11.3 Å². The van der Waals surface area contributed by atoms with Crippen LogP contribution in [0.15, 0.2) is 51.8 Å². The molecule has 140 valence electrons. The van der Waals surface area contributed by atoms with Crippen molar-refractivity contribution in [3.8, 4) is 0 Å². The number of carbonyl (C=O) groups is 2. The van der Waals surface area contributed by atoms with Gasteiger partial charge in [0, 0.05) is 28.1 Å². The van der Waals surface area contributed by atoms with E-state index in [0.29, 0.717) is 18.7 Å². The summed E-state index contributed by atoms with van der Waals surface area (Å²) in [6.45, 7) is 1.03. The van der Waals surface area contributed by atoms with Crippen LogP contribution in [-0.4, -0.2) is 41.0 Å². The molecule has 0 bridgehead atoms. The van der Waals surface area contributed by atoms with E-state index in [2.05, 4.69) is 15.9 Å². The van der Waals surface area contributed by atoms with Gasteiger partial charge in [0.15, 0.2) is 0 Å². The lowest BCUT2D eigenvalue weighted by Crippen LogP contribution is -2.36. The fourth-order valence-corrected chi connectivity index (χ4v) is 4.69. The first kappa shape index (κ1) is 18.4. The summed E-state index contributed by atoms with van der Waals surface area (Å²) in [5.74, 6) is -1.37. The average molecular weight is 448 g/mol. The second-order valence-corrected chi connectivity index (χ2v) is 8.50. The van der Waals surface area contributed by atoms with Crippen LogP contribution in [0.25, 0.3) is 5.76 Å². The lowest BCUT2D eigenvalue weighted by Gasteiger charge is -2.26. The molecular weight excluding hydrogens is 430 g/mol. The summed E-state index contributed by atoms with van der Waals surface area (Å²) >= 11 is 4.83. The number of thiophene rings is 1. The molecule has 2 aliphatic rings. The van der Waals surface area contributed by atoms with Gasteiger partial charge in [-0.3, -0.25) is 9.59 Å². The lowest BCUT2D eigenvalue weighted by atomic mass is 10.00. The molecule has 2 aromatic rings. The summed E-state index contributed by atoms with van der Waals surface area (Å²) in [6.07, 6.45) is 1.75. The number of carbonyl (C=O) groups excluding carboxylic acids is 2. The third kappa shape index (κ3) is 3.47. The maximum Gasteiger partial charge on any atom is 0.295 e. The van der Waals surface area contributed by atoms with Gasteiger partial charge in [0.25, 0.3) is 11.7 Å². The van der Waals surface area contributed by atoms with Gasteiger partial charge in [-0.15, -0.1) is 11.3 Å². The molecule has 0 radical (unpaired) electrons. The Bertz CT molecular complexity index is 885. The number of likely N-dealkylation sites (tertiary alicyclic amines) is 1. The number of aliphatic hydroxyl groups excluding tert-OH is 1. The predicted octanol–water partition coefficient (Wildman–Crippen LogP) is 4.11. The summed E-state index contributed by atoms with van der Waals surface area (Å²) < 4.78 is 6.54. The highest BCUT2D eigenvalue weighted by Crippen LogP contribution is 2.41. The Morgan fingerprint density at radius 2 is 2.04 bits per heavy atom. The van der Waals surface area contributed by atoms with Gasteiger partial charge in [0.05, 0.1) is 17.7 Å². The van der Waals surface area contributed by atoms with Crippen LogP contribution in [0.3, 0.4) is 0 Å². The van der Waals surface area contributed by atoms with Gasteiger partial charge in [0.2, 0.25) is 0 Å². The second kappa shape index (κ2) is 7.58. The van der Waals surface area contributed by atoms with E-state index in [-0.39, 0.29) is 17.4 Å². The number of benzene rings is 1. The monoisotopic (exact) mass is 447 g/mol.